The summed E-state index contributed by atoms with van der Waals surface area (Å²) < 4.78 is 16.2. The number of carboxylic acid groups (broad SMARTS) is 1. The van der Waals surface area contributed by atoms with Crippen molar-refractivity contribution in [2.45, 2.75) is 45.6 Å². The first-order chi connectivity index (χ1) is 13.5. The molecule has 0 aliphatic heterocycles. The van der Waals surface area contributed by atoms with Gasteiger partial charge in [-0.15, -0.1) is 11.3 Å². The number of rotatable bonds is 5. The number of aromatic nitrogens is 2. The van der Waals surface area contributed by atoms with E-state index in [4.69, 9.17) is 0 Å². The maximum Gasteiger partial charge on any atom is 0.337 e. The van der Waals surface area contributed by atoms with Crippen LogP contribution in [0.15, 0.2) is 35.7 Å². The average Bonchev–Trinajstić information content (AvgIpc) is 3.29. The van der Waals surface area contributed by atoms with E-state index >= 15 is 0 Å². The van der Waals surface area contributed by atoms with E-state index in [0.717, 1.165) is 17.9 Å². The first kappa shape index (κ1) is 18.9. The fraction of sp³-hybridized carbons (Fsp3) is 0.364. The summed E-state index contributed by atoms with van der Waals surface area (Å²) in [6.45, 7) is 2.67. The number of nitrogens with zero attached hydrogens (tertiary/aromatic N) is 2. The molecule has 1 N–H and O–H groups in total. The average molecular weight is 399 g/mol. The molecular weight excluding hydrogens is 375 g/mol. The van der Waals surface area contributed by atoms with Crippen LogP contribution >= 0.6 is 11.3 Å². The lowest BCUT2D eigenvalue weighted by Gasteiger charge is -2.24. The highest BCUT2D eigenvalue weighted by Crippen LogP contribution is 2.34. The quantitative estimate of drug-likeness (QED) is 0.573. The van der Waals surface area contributed by atoms with Crippen molar-refractivity contribution < 1.29 is 14.3 Å². The summed E-state index contributed by atoms with van der Waals surface area (Å²) >= 11 is 1.38. The molecule has 0 spiro atoms. The highest BCUT2D eigenvalue weighted by Gasteiger charge is 2.23. The Hall–Kier alpha value is -2.47. The van der Waals surface area contributed by atoms with Crippen LogP contribution in [0.4, 0.5) is 4.39 Å². The Labute approximate surface area is 167 Å². The molecule has 2 heterocycles. The summed E-state index contributed by atoms with van der Waals surface area (Å²) in [6.07, 6.45) is 6.11. The second-order valence-electron chi connectivity index (χ2n) is 7.47. The predicted molar refractivity (Wildman–Crippen MR) is 109 cm³/mol. The summed E-state index contributed by atoms with van der Waals surface area (Å²) in [6, 6.07) is 8.30. The summed E-state index contributed by atoms with van der Waals surface area (Å²) in [5.41, 5.74) is 3.05. The molecule has 1 aliphatic rings. The summed E-state index contributed by atoms with van der Waals surface area (Å²) in [4.78, 5) is 16.3. The van der Waals surface area contributed by atoms with Gasteiger partial charge >= 0.3 is 5.97 Å². The maximum absolute atomic E-state index is 14.1. The van der Waals surface area contributed by atoms with Gasteiger partial charge in [-0.1, -0.05) is 31.4 Å². The number of halogens is 1. The van der Waals surface area contributed by atoms with Gasteiger partial charge < -0.3 is 9.67 Å². The van der Waals surface area contributed by atoms with Crippen molar-refractivity contribution in [3.05, 3.63) is 52.8 Å². The molecule has 1 fully saturated rings. The van der Waals surface area contributed by atoms with E-state index in [-0.39, 0.29) is 5.82 Å². The SMILES string of the molecule is Cc1c(C(=O)O)cc(-c2csc(-c3ccccc3F)n2)n1CC1CCCCC1. The number of hydrogen-bond acceptors (Lipinski definition) is 3. The number of thiazole rings is 1. The molecule has 0 amide bonds. The molecule has 1 aliphatic carbocycles. The molecule has 0 atom stereocenters. The first-order valence-electron chi connectivity index (χ1n) is 9.69. The Morgan fingerprint density at radius 1 is 1.29 bits per heavy atom. The Kier molecular flexibility index (Phi) is 5.31. The Balaban J connectivity index is 1.73. The van der Waals surface area contributed by atoms with E-state index in [9.17, 15) is 14.3 Å². The van der Waals surface area contributed by atoms with E-state index in [1.807, 2.05) is 12.3 Å². The molecular formula is C22H23FN2O2S. The van der Waals surface area contributed by atoms with Gasteiger partial charge in [-0.3, -0.25) is 0 Å². The van der Waals surface area contributed by atoms with Crippen molar-refractivity contribution in [1.29, 1.82) is 0 Å². The van der Waals surface area contributed by atoms with Gasteiger partial charge in [0.1, 0.15) is 10.8 Å². The molecule has 28 heavy (non-hydrogen) atoms. The number of hydrogen-bond donors (Lipinski definition) is 1. The van der Waals surface area contributed by atoms with Crippen LogP contribution in [0.5, 0.6) is 0 Å². The zero-order valence-electron chi connectivity index (χ0n) is 15.8. The van der Waals surface area contributed by atoms with Gasteiger partial charge in [-0.2, -0.15) is 0 Å². The van der Waals surface area contributed by atoms with Crippen molar-refractivity contribution in [3.63, 3.8) is 0 Å². The molecule has 0 radical (unpaired) electrons. The summed E-state index contributed by atoms with van der Waals surface area (Å²) in [5.74, 6) is -0.668. The van der Waals surface area contributed by atoms with Crippen molar-refractivity contribution >= 4 is 17.3 Å². The number of benzene rings is 1. The standard InChI is InChI=1S/C22H23FN2O2S/c1-14-17(22(26)27)11-20(25(14)12-15-7-3-2-4-8-15)19-13-28-21(24-19)16-9-5-6-10-18(16)23/h5-6,9-11,13,15H,2-4,7-8,12H2,1H3,(H,26,27). The topological polar surface area (TPSA) is 55.1 Å². The molecule has 0 bridgehead atoms. The second kappa shape index (κ2) is 7.87. The Morgan fingerprint density at radius 2 is 2.04 bits per heavy atom. The third kappa shape index (κ3) is 3.61. The van der Waals surface area contributed by atoms with Crippen LogP contribution < -0.4 is 0 Å². The number of carboxylic acids is 1. The molecule has 4 nitrogen and oxygen atoms in total. The minimum absolute atomic E-state index is 0.302. The zero-order valence-corrected chi connectivity index (χ0v) is 16.6. The highest BCUT2D eigenvalue weighted by molar-refractivity contribution is 7.13. The zero-order chi connectivity index (χ0) is 19.7. The monoisotopic (exact) mass is 398 g/mol. The largest absolute Gasteiger partial charge is 0.478 e. The minimum Gasteiger partial charge on any atom is -0.478 e. The molecule has 146 valence electrons. The van der Waals surface area contributed by atoms with Crippen LogP contribution in [0.2, 0.25) is 0 Å². The van der Waals surface area contributed by atoms with Crippen molar-refractivity contribution in [3.8, 4) is 22.0 Å². The lowest BCUT2D eigenvalue weighted by atomic mass is 9.89. The van der Waals surface area contributed by atoms with E-state index in [1.54, 1.807) is 24.3 Å². The van der Waals surface area contributed by atoms with E-state index in [1.165, 1.54) is 49.5 Å². The highest BCUT2D eigenvalue weighted by atomic mass is 32.1. The molecule has 1 saturated carbocycles. The van der Waals surface area contributed by atoms with Crippen LogP contribution in [0, 0.1) is 18.7 Å². The van der Waals surface area contributed by atoms with E-state index < -0.39 is 5.97 Å². The van der Waals surface area contributed by atoms with E-state index in [0.29, 0.717) is 27.7 Å². The van der Waals surface area contributed by atoms with Gasteiger partial charge in [0.15, 0.2) is 0 Å². The molecule has 2 aromatic heterocycles. The smallest absolute Gasteiger partial charge is 0.337 e. The minimum atomic E-state index is -0.925. The van der Waals surface area contributed by atoms with Gasteiger partial charge in [0, 0.05) is 23.2 Å². The molecule has 6 heteroatoms. The first-order valence-corrected chi connectivity index (χ1v) is 10.6. The molecule has 0 saturated heterocycles. The van der Waals surface area contributed by atoms with Gasteiger partial charge in [0.05, 0.1) is 17.0 Å². The maximum atomic E-state index is 14.1. The fourth-order valence-corrected chi connectivity index (χ4v) is 4.93. The summed E-state index contributed by atoms with van der Waals surface area (Å²) in [7, 11) is 0. The third-order valence-electron chi connectivity index (χ3n) is 5.63. The van der Waals surface area contributed by atoms with Crippen LogP contribution in [0.3, 0.4) is 0 Å². The van der Waals surface area contributed by atoms with E-state index in [2.05, 4.69) is 9.55 Å². The van der Waals surface area contributed by atoms with Gasteiger partial charge in [0.2, 0.25) is 0 Å². The third-order valence-corrected chi connectivity index (χ3v) is 6.51. The molecule has 4 rings (SSSR count). The van der Waals surface area contributed by atoms with Gasteiger partial charge in [-0.05, 0) is 43.9 Å². The normalized spacial score (nSPS) is 15.1. The van der Waals surface area contributed by atoms with Crippen LogP contribution in [0.1, 0.15) is 48.2 Å². The lowest BCUT2D eigenvalue weighted by molar-refractivity contribution is 0.0696. The van der Waals surface area contributed by atoms with Gasteiger partial charge in [-0.25, -0.2) is 14.2 Å². The summed E-state index contributed by atoms with van der Waals surface area (Å²) in [5, 5.41) is 12.1. The molecule has 3 aromatic rings. The fourth-order valence-electron chi connectivity index (χ4n) is 4.09. The lowest BCUT2D eigenvalue weighted by Crippen LogP contribution is -2.16. The van der Waals surface area contributed by atoms with Crippen LogP contribution in [0.25, 0.3) is 22.0 Å². The van der Waals surface area contributed by atoms with Crippen molar-refractivity contribution in [2.24, 2.45) is 5.92 Å². The Morgan fingerprint density at radius 3 is 2.75 bits per heavy atom. The van der Waals surface area contributed by atoms with Crippen molar-refractivity contribution in [1.82, 2.24) is 9.55 Å². The van der Waals surface area contributed by atoms with Crippen molar-refractivity contribution in [2.75, 3.05) is 0 Å². The number of carbonyl (C=O) groups is 1. The molecule has 0 unspecified atom stereocenters. The van der Waals surface area contributed by atoms with Crippen LogP contribution in [-0.4, -0.2) is 20.6 Å². The Bertz CT molecular complexity index is 1000. The predicted octanol–water partition coefficient (Wildman–Crippen LogP) is 6.00. The van der Waals surface area contributed by atoms with Crippen LogP contribution in [-0.2, 0) is 6.54 Å². The molecule has 1 aromatic carbocycles. The van der Waals surface area contributed by atoms with Gasteiger partial charge in [0.25, 0.3) is 0 Å². The number of aromatic carboxylic acids is 1. The second-order valence-corrected chi connectivity index (χ2v) is 8.32.